The number of hydrogen-bond acceptors (Lipinski definition) is 2. The highest BCUT2D eigenvalue weighted by Crippen LogP contribution is 2.39. The van der Waals surface area contributed by atoms with Gasteiger partial charge in [-0.15, -0.1) is 0 Å². The van der Waals surface area contributed by atoms with E-state index in [0.29, 0.717) is 0 Å². The van der Waals surface area contributed by atoms with Gasteiger partial charge in [0.05, 0.1) is 0 Å². The van der Waals surface area contributed by atoms with Gasteiger partial charge in [0.1, 0.15) is 0 Å². The quantitative estimate of drug-likeness (QED) is 0.207. The van der Waals surface area contributed by atoms with Crippen LogP contribution in [0.15, 0.2) is 121 Å². The molecule has 0 amide bonds. The summed E-state index contributed by atoms with van der Waals surface area (Å²) in [6, 6.07) is 44.3. The lowest BCUT2D eigenvalue weighted by atomic mass is 9.87. The van der Waals surface area contributed by atoms with Crippen molar-refractivity contribution in [2.24, 2.45) is 0 Å². The van der Waals surface area contributed by atoms with Gasteiger partial charge in [0.2, 0.25) is 0 Å². The van der Waals surface area contributed by atoms with E-state index in [4.69, 9.17) is 0 Å². The SMILES string of the molecule is Cc1cccc(N(c2ccc(-c3ccc(N(c4cccc(C)c4)C(C)(C)C)cc3)cc2)c2cccc(C(C)(C)C)c2)c1. The third-order valence-electron chi connectivity index (χ3n) is 7.75. The summed E-state index contributed by atoms with van der Waals surface area (Å²) in [6.45, 7) is 17.9. The van der Waals surface area contributed by atoms with Crippen molar-refractivity contribution in [1.29, 1.82) is 0 Å². The smallest absolute Gasteiger partial charge is 0.0464 e. The fourth-order valence-electron chi connectivity index (χ4n) is 5.62. The normalized spacial score (nSPS) is 11.8. The molecule has 0 spiro atoms. The highest BCUT2D eigenvalue weighted by atomic mass is 15.2. The lowest BCUT2D eigenvalue weighted by Crippen LogP contribution is -2.37. The fraction of sp³-hybridized carbons (Fsp3) is 0.250. The largest absolute Gasteiger partial charge is 0.336 e. The average molecular weight is 553 g/mol. The summed E-state index contributed by atoms with van der Waals surface area (Å²) in [7, 11) is 0. The Labute approximate surface area is 253 Å². The molecule has 0 aliphatic carbocycles. The summed E-state index contributed by atoms with van der Waals surface area (Å²) >= 11 is 0. The monoisotopic (exact) mass is 552 g/mol. The van der Waals surface area contributed by atoms with E-state index in [0.717, 1.165) is 11.4 Å². The molecule has 0 atom stereocenters. The van der Waals surface area contributed by atoms with Crippen LogP contribution in [0.25, 0.3) is 11.1 Å². The van der Waals surface area contributed by atoms with Crippen LogP contribution in [0.2, 0.25) is 0 Å². The number of anilines is 5. The lowest BCUT2D eigenvalue weighted by Gasteiger charge is -2.38. The van der Waals surface area contributed by atoms with Crippen LogP contribution >= 0.6 is 0 Å². The molecule has 0 bridgehead atoms. The second kappa shape index (κ2) is 11.5. The van der Waals surface area contributed by atoms with Crippen LogP contribution in [-0.4, -0.2) is 5.54 Å². The molecule has 2 heteroatoms. The Kier molecular flexibility index (Phi) is 8.01. The van der Waals surface area contributed by atoms with Crippen LogP contribution in [0, 0.1) is 13.8 Å². The Hall–Kier alpha value is -4.30. The van der Waals surface area contributed by atoms with Gasteiger partial charge in [0, 0.05) is 34.0 Å². The molecule has 2 nitrogen and oxygen atoms in total. The fourth-order valence-corrected chi connectivity index (χ4v) is 5.62. The molecule has 42 heavy (non-hydrogen) atoms. The maximum absolute atomic E-state index is 2.41. The van der Waals surface area contributed by atoms with Crippen LogP contribution in [0.1, 0.15) is 58.2 Å². The first-order valence-electron chi connectivity index (χ1n) is 14.9. The Bertz CT molecular complexity index is 1650. The van der Waals surface area contributed by atoms with Gasteiger partial charge in [-0.2, -0.15) is 0 Å². The maximum Gasteiger partial charge on any atom is 0.0464 e. The summed E-state index contributed by atoms with van der Waals surface area (Å²) in [5, 5.41) is 0. The summed E-state index contributed by atoms with van der Waals surface area (Å²) in [5.74, 6) is 0. The van der Waals surface area contributed by atoms with E-state index in [-0.39, 0.29) is 11.0 Å². The van der Waals surface area contributed by atoms with E-state index in [1.807, 2.05) is 0 Å². The first-order valence-corrected chi connectivity index (χ1v) is 14.9. The van der Waals surface area contributed by atoms with Gasteiger partial charge in [-0.3, -0.25) is 0 Å². The van der Waals surface area contributed by atoms with Gasteiger partial charge in [0.25, 0.3) is 0 Å². The molecular weight excluding hydrogens is 508 g/mol. The summed E-state index contributed by atoms with van der Waals surface area (Å²) in [6.07, 6.45) is 0. The lowest BCUT2D eigenvalue weighted by molar-refractivity contribution is 0.560. The third-order valence-corrected chi connectivity index (χ3v) is 7.75. The second-order valence-corrected chi connectivity index (χ2v) is 13.4. The van der Waals surface area contributed by atoms with Gasteiger partial charge in [0.15, 0.2) is 0 Å². The predicted octanol–water partition coefficient (Wildman–Crippen LogP) is 11.7. The van der Waals surface area contributed by atoms with E-state index in [2.05, 4.69) is 187 Å². The summed E-state index contributed by atoms with van der Waals surface area (Å²) in [5.41, 5.74) is 12.2. The molecule has 0 saturated heterocycles. The molecule has 0 aromatic heterocycles. The zero-order valence-electron chi connectivity index (χ0n) is 26.4. The van der Waals surface area contributed by atoms with Crippen molar-refractivity contribution in [3.63, 3.8) is 0 Å². The number of nitrogens with zero attached hydrogens (tertiary/aromatic N) is 2. The Morgan fingerprint density at radius 3 is 1.38 bits per heavy atom. The third kappa shape index (κ3) is 6.44. The van der Waals surface area contributed by atoms with Crippen molar-refractivity contribution in [3.8, 4) is 11.1 Å². The zero-order chi connectivity index (χ0) is 30.1. The Morgan fingerprint density at radius 2 is 0.881 bits per heavy atom. The second-order valence-electron chi connectivity index (χ2n) is 13.4. The molecule has 5 aromatic rings. The van der Waals surface area contributed by atoms with Crippen LogP contribution in [0.3, 0.4) is 0 Å². The molecule has 0 saturated carbocycles. The molecule has 0 heterocycles. The van der Waals surface area contributed by atoms with Gasteiger partial charge in [-0.1, -0.05) is 81.4 Å². The maximum atomic E-state index is 2.41. The molecule has 5 rings (SSSR count). The van der Waals surface area contributed by atoms with Crippen LogP contribution in [0.5, 0.6) is 0 Å². The first kappa shape index (κ1) is 29.2. The van der Waals surface area contributed by atoms with Crippen molar-refractivity contribution in [1.82, 2.24) is 0 Å². The number of benzene rings is 5. The summed E-state index contributed by atoms with van der Waals surface area (Å²) < 4.78 is 0. The topological polar surface area (TPSA) is 6.48 Å². The number of rotatable bonds is 6. The molecule has 0 radical (unpaired) electrons. The van der Waals surface area contributed by atoms with E-state index in [9.17, 15) is 0 Å². The predicted molar refractivity (Wildman–Crippen MR) is 183 cm³/mol. The van der Waals surface area contributed by atoms with Crippen molar-refractivity contribution in [2.45, 2.75) is 66.3 Å². The number of aryl methyl sites for hydroxylation is 2. The van der Waals surface area contributed by atoms with Gasteiger partial charge < -0.3 is 9.80 Å². The molecule has 0 unspecified atom stereocenters. The molecule has 0 N–H and O–H groups in total. The van der Waals surface area contributed by atoms with Gasteiger partial charge >= 0.3 is 0 Å². The van der Waals surface area contributed by atoms with Gasteiger partial charge in [-0.25, -0.2) is 0 Å². The molecular formula is C40H44N2. The van der Waals surface area contributed by atoms with Crippen molar-refractivity contribution < 1.29 is 0 Å². The van der Waals surface area contributed by atoms with E-state index >= 15 is 0 Å². The minimum atomic E-state index is -0.0551. The average Bonchev–Trinajstić information content (AvgIpc) is 2.93. The van der Waals surface area contributed by atoms with Crippen molar-refractivity contribution in [2.75, 3.05) is 9.80 Å². The minimum Gasteiger partial charge on any atom is -0.336 e. The molecule has 0 aliphatic rings. The Balaban J connectivity index is 1.49. The standard InChI is InChI=1S/C40H44N2/c1-29-12-9-15-36(26-29)41(37-16-11-14-33(28-37)39(3,4)5)34-22-18-31(19-23-34)32-20-24-35(25-21-32)42(40(6,7)8)38-17-10-13-30(2)27-38/h9-28H,1-8H3. The van der Waals surface area contributed by atoms with Gasteiger partial charge in [-0.05, 0) is 129 Å². The minimum absolute atomic E-state index is 0.0551. The molecule has 5 aromatic carbocycles. The zero-order valence-corrected chi connectivity index (χ0v) is 26.4. The molecule has 214 valence electrons. The highest BCUT2D eigenvalue weighted by Gasteiger charge is 2.24. The highest BCUT2D eigenvalue weighted by molar-refractivity contribution is 5.79. The molecule has 0 fully saturated rings. The first-order chi connectivity index (χ1) is 19.9. The van der Waals surface area contributed by atoms with Crippen molar-refractivity contribution >= 4 is 28.4 Å². The van der Waals surface area contributed by atoms with E-state index in [1.165, 1.54) is 44.9 Å². The Morgan fingerprint density at radius 1 is 0.429 bits per heavy atom. The number of hydrogen-bond donors (Lipinski definition) is 0. The van der Waals surface area contributed by atoms with E-state index < -0.39 is 0 Å². The van der Waals surface area contributed by atoms with Crippen molar-refractivity contribution in [3.05, 3.63) is 138 Å². The van der Waals surface area contributed by atoms with E-state index in [1.54, 1.807) is 0 Å². The van der Waals surface area contributed by atoms with Crippen LogP contribution in [0.4, 0.5) is 28.4 Å². The van der Waals surface area contributed by atoms with Crippen LogP contribution < -0.4 is 9.80 Å². The summed E-state index contributed by atoms with van der Waals surface area (Å²) in [4.78, 5) is 4.77. The molecule has 0 aliphatic heterocycles. The van der Waals surface area contributed by atoms with Crippen LogP contribution in [-0.2, 0) is 5.41 Å².